The molecule has 0 saturated heterocycles. The third kappa shape index (κ3) is 8.35. The molecular weight excluding hydrogens is 515 g/mol. The number of alkyl halides is 3. The Hall–Kier alpha value is -3.84. The molecule has 0 atom stereocenters. The van der Waals surface area contributed by atoms with Gasteiger partial charge in [-0.15, -0.1) is 11.3 Å². The summed E-state index contributed by atoms with van der Waals surface area (Å²) in [5.74, 6) is 0.425. The number of nitrogens with zero attached hydrogens (tertiary/aromatic N) is 2. The first-order valence-corrected chi connectivity index (χ1v) is 12.9. The van der Waals surface area contributed by atoms with Crippen LogP contribution in [0.4, 0.5) is 18.3 Å². The molecule has 2 aromatic carbocycles. The van der Waals surface area contributed by atoms with Gasteiger partial charge in [0.25, 0.3) is 5.91 Å². The topological polar surface area (TPSA) is 84.2 Å². The Morgan fingerprint density at radius 1 is 1.16 bits per heavy atom. The van der Waals surface area contributed by atoms with Crippen molar-refractivity contribution in [2.75, 3.05) is 19.0 Å². The number of nitriles is 1. The van der Waals surface area contributed by atoms with E-state index in [1.807, 2.05) is 6.07 Å². The Balaban J connectivity index is 1.65. The molecule has 1 amide bonds. The van der Waals surface area contributed by atoms with Gasteiger partial charge in [0.15, 0.2) is 16.6 Å². The molecule has 6 nitrogen and oxygen atoms in total. The summed E-state index contributed by atoms with van der Waals surface area (Å²) in [5, 5.41) is 12.4. The standard InChI is InChI=1S/C28H28F3N3O3S/c1-3-4-5-6-12-37-24-11-10-20(16-25(24)36-2)13-21(17-32)26(35)34-27-33-18-23(38-27)15-19-8-7-9-22(14-19)28(29,30)31/h7-11,13-14,16,18H,3-6,12,15H2,1-2H3,(H,33,34,35)/b21-13-. The van der Waals surface area contributed by atoms with E-state index in [0.29, 0.717) is 34.1 Å². The van der Waals surface area contributed by atoms with Crippen molar-refractivity contribution in [3.8, 4) is 17.6 Å². The summed E-state index contributed by atoms with van der Waals surface area (Å²) in [6.45, 7) is 2.71. The number of thiazole rings is 1. The van der Waals surface area contributed by atoms with Gasteiger partial charge in [0.1, 0.15) is 11.6 Å². The number of carbonyl (C=O) groups is 1. The lowest BCUT2D eigenvalue weighted by Crippen LogP contribution is -2.13. The van der Waals surface area contributed by atoms with Crippen molar-refractivity contribution in [3.05, 3.63) is 75.8 Å². The number of methoxy groups -OCH3 is 1. The van der Waals surface area contributed by atoms with Crippen LogP contribution >= 0.6 is 11.3 Å². The highest BCUT2D eigenvalue weighted by atomic mass is 32.1. The molecule has 0 fully saturated rings. The molecule has 1 N–H and O–H groups in total. The minimum atomic E-state index is -4.42. The highest BCUT2D eigenvalue weighted by Crippen LogP contribution is 2.31. The molecule has 200 valence electrons. The molecule has 0 saturated carbocycles. The minimum Gasteiger partial charge on any atom is -0.493 e. The second-order valence-corrected chi connectivity index (χ2v) is 9.57. The lowest BCUT2D eigenvalue weighted by atomic mass is 10.1. The predicted octanol–water partition coefficient (Wildman–Crippen LogP) is 7.27. The zero-order chi connectivity index (χ0) is 27.5. The van der Waals surface area contributed by atoms with Crippen molar-refractivity contribution in [3.63, 3.8) is 0 Å². The van der Waals surface area contributed by atoms with E-state index in [-0.39, 0.29) is 17.1 Å². The monoisotopic (exact) mass is 543 g/mol. The van der Waals surface area contributed by atoms with Gasteiger partial charge in [-0.2, -0.15) is 18.4 Å². The van der Waals surface area contributed by atoms with E-state index >= 15 is 0 Å². The van der Waals surface area contributed by atoms with E-state index in [4.69, 9.17) is 9.47 Å². The SMILES string of the molecule is CCCCCCOc1ccc(/C=C(/C#N)C(=O)Nc2ncc(Cc3cccc(C(F)(F)F)c3)s2)cc1OC. The van der Waals surface area contributed by atoms with Gasteiger partial charge in [-0.3, -0.25) is 10.1 Å². The minimum absolute atomic E-state index is 0.144. The molecule has 38 heavy (non-hydrogen) atoms. The first kappa shape index (κ1) is 28.7. The lowest BCUT2D eigenvalue weighted by Gasteiger charge is -2.11. The Labute approximate surface area is 223 Å². The number of ether oxygens (including phenoxy) is 2. The van der Waals surface area contributed by atoms with Crippen molar-refractivity contribution >= 4 is 28.5 Å². The molecule has 1 heterocycles. The second kappa shape index (κ2) is 13.6. The van der Waals surface area contributed by atoms with Crippen LogP contribution in [0.1, 0.15) is 54.2 Å². The number of rotatable bonds is 12. The summed E-state index contributed by atoms with van der Waals surface area (Å²) >= 11 is 1.13. The summed E-state index contributed by atoms with van der Waals surface area (Å²) in [6, 6.07) is 12.1. The molecular formula is C28H28F3N3O3S. The number of unbranched alkanes of at least 4 members (excludes halogenated alkanes) is 3. The molecule has 0 aliphatic carbocycles. The van der Waals surface area contributed by atoms with Crippen molar-refractivity contribution < 1.29 is 27.4 Å². The molecule has 3 aromatic rings. The summed E-state index contributed by atoms with van der Waals surface area (Å²) in [6.07, 6.45) is 3.05. The van der Waals surface area contributed by atoms with Crippen LogP contribution in [0.15, 0.2) is 54.2 Å². The van der Waals surface area contributed by atoms with Gasteiger partial charge in [-0.05, 0) is 41.8 Å². The number of carbonyl (C=O) groups excluding carboxylic acids is 1. The van der Waals surface area contributed by atoms with Crippen molar-refractivity contribution in [1.29, 1.82) is 5.26 Å². The van der Waals surface area contributed by atoms with E-state index in [1.165, 1.54) is 25.4 Å². The maximum absolute atomic E-state index is 13.0. The Bertz CT molecular complexity index is 1310. The molecule has 0 aliphatic heterocycles. The van der Waals surface area contributed by atoms with Crippen LogP contribution in [0.25, 0.3) is 6.08 Å². The zero-order valence-electron chi connectivity index (χ0n) is 21.1. The molecule has 0 aliphatic rings. The lowest BCUT2D eigenvalue weighted by molar-refractivity contribution is -0.137. The van der Waals surface area contributed by atoms with Crippen LogP contribution in [-0.2, 0) is 17.4 Å². The summed E-state index contributed by atoms with van der Waals surface area (Å²) in [4.78, 5) is 17.5. The van der Waals surface area contributed by atoms with E-state index in [2.05, 4.69) is 17.2 Å². The second-order valence-electron chi connectivity index (χ2n) is 8.45. The first-order valence-electron chi connectivity index (χ1n) is 12.1. The zero-order valence-corrected chi connectivity index (χ0v) is 21.9. The third-order valence-corrected chi connectivity index (χ3v) is 6.44. The van der Waals surface area contributed by atoms with Gasteiger partial charge in [-0.25, -0.2) is 4.98 Å². The van der Waals surface area contributed by atoms with Crippen molar-refractivity contribution in [2.24, 2.45) is 0 Å². The van der Waals surface area contributed by atoms with Crippen LogP contribution < -0.4 is 14.8 Å². The van der Waals surface area contributed by atoms with Gasteiger partial charge in [0.05, 0.1) is 19.3 Å². The molecule has 10 heteroatoms. The fourth-order valence-corrected chi connectivity index (χ4v) is 4.43. The molecule has 0 spiro atoms. The fourth-order valence-electron chi connectivity index (χ4n) is 3.59. The van der Waals surface area contributed by atoms with Gasteiger partial charge in [0.2, 0.25) is 0 Å². The molecule has 0 radical (unpaired) electrons. The van der Waals surface area contributed by atoms with Gasteiger partial charge in [0, 0.05) is 17.5 Å². The number of halogens is 3. The number of nitrogens with one attached hydrogen (secondary N) is 1. The molecule has 0 bridgehead atoms. The fraction of sp³-hybridized carbons (Fsp3) is 0.321. The van der Waals surface area contributed by atoms with Crippen molar-refractivity contribution in [2.45, 2.75) is 45.2 Å². The van der Waals surface area contributed by atoms with Crippen LogP contribution in [0.2, 0.25) is 0 Å². The van der Waals surface area contributed by atoms with E-state index in [1.54, 1.807) is 24.3 Å². The van der Waals surface area contributed by atoms with Crippen LogP contribution in [0, 0.1) is 11.3 Å². The van der Waals surface area contributed by atoms with Crippen molar-refractivity contribution in [1.82, 2.24) is 4.98 Å². The number of amides is 1. The van der Waals surface area contributed by atoms with Crippen LogP contribution in [0.5, 0.6) is 11.5 Å². The first-order chi connectivity index (χ1) is 18.2. The van der Waals surface area contributed by atoms with Gasteiger partial charge in [-0.1, -0.05) is 50.5 Å². The van der Waals surface area contributed by atoms with Gasteiger partial charge < -0.3 is 9.47 Å². The quantitative estimate of drug-likeness (QED) is 0.148. The van der Waals surface area contributed by atoms with Gasteiger partial charge >= 0.3 is 6.18 Å². The average molecular weight is 544 g/mol. The average Bonchev–Trinajstić information content (AvgIpc) is 3.33. The number of hydrogen-bond acceptors (Lipinski definition) is 6. The normalized spacial score (nSPS) is 11.6. The highest BCUT2D eigenvalue weighted by Gasteiger charge is 2.30. The van der Waals surface area contributed by atoms with E-state index < -0.39 is 17.6 Å². The number of hydrogen-bond donors (Lipinski definition) is 1. The Morgan fingerprint density at radius 2 is 1.97 bits per heavy atom. The van der Waals surface area contributed by atoms with E-state index in [0.717, 1.165) is 49.2 Å². The highest BCUT2D eigenvalue weighted by molar-refractivity contribution is 7.15. The molecule has 3 rings (SSSR count). The summed E-state index contributed by atoms with van der Waals surface area (Å²) < 4.78 is 50.1. The number of aromatic nitrogens is 1. The number of benzene rings is 2. The molecule has 0 unspecified atom stereocenters. The third-order valence-electron chi connectivity index (χ3n) is 5.53. The maximum atomic E-state index is 13.0. The number of anilines is 1. The van der Waals surface area contributed by atoms with E-state index in [9.17, 15) is 23.2 Å². The predicted molar refractivity (Wildman–Crippen MR) is 141 cm³/mol. The molecule has 1 aromatic heterocycles. The summed E-state index contributed by atoms with van der Waals surface area (Å²) in [5.41, 5.74) is 0.188. The van der Waals surface area contributed by atoms with Crippen LogP contribution in [0.3, 0.4) is 0 Å². The Kier molecular flexibility index (Phi) is 10.3. The van der Waals surface area contributed by atoms with Crippen LogP contribution in [-0.4, -0.2) is 24.6 Å². The summed E-state index contributed by atoms with van der Waals surface area (Å²) in [7, 11) is 1.52. The smallest absolute Gasteiger partial charge is 0.416 e. The Morgan fingerprint density at radius 3 is 2.68 bits per heavy atom. The largest absolute Gasteiger partial charge is 0.493 e. The maximum Gasteiger partial charge on any atom is 0.416 e.